The molecule has 174 valence electrons. The number of benzene rings is 1. The Morgan fingerprint density at radius 2 is 1.97 bits per heavy atom. The molecule has 0 saturated carbocycles. The van der Waals surface area contributed by atoms with Gasteiger partial charge < -0.3 is 9.84 Å². The number of piperidine rings is 1. The van der Waals surface area contributed by atoms with Crippen molar-refractivity contribution in [2.24, 2.45) is 11.8 Å². The van der Waals surface area contributed by atoms with Gasteiger partial charge in [-0.1, -0.05) is 54.9 Å². The fraction of sp³-hybridized carbons (Fsp3) is 0.500. The second-order valence-electron chi connectivity index (χ2n) is 8.88. The number of amides is 1. The molecule has 3 rings (SSSR count). The van der Waals surface area contributed by atoms with Gasteiger partial charge in [0.25, 0.3) is 0 Å². The Kier molecular flexibility index (Phi) is 7.90. The van der Waals surface area contributed by atoms with Crippen LogP contribution in [-0.4, -0.2) is 43.4 Å². The van der Waals surface area contributed by atoms with E-state index in [1.54, 1.807) is 19.1 Å². The molecule has 0 aliphatic carbocycles. The number of hydrogen-bond acceptors (Lipinski definition) is 5. The zero-order valence-electron chi connectivity index (χ0n) is 19.3. The lowest BCUT2D eigenvalue weighted by atomic mass is 9.98. The van der Waals surface area contributed by atoms with Crippen molar-refractivity contribution in [3.8, 4) is 0 Å². The standard InChI is InChI=1S/C24H33N3O4S/c1-17(2)13-14-25-24(28)21-6-5-15-27(16-21)32(29,30)23-19(4)26-31-22(23)12-11-20-9-7-18(3)8-10-20/h7-12,17,21H,5-6,13-16H2,1-4H3,(H,25,28)/b12-11+/t21-/m0/s1. The Morgan fingerprint density at radius 1 is 1.25 bits per heavy atom. The van der Waals surface area contributed by atoms with Gasteiger partial charge in [-0.2, -0.15) is 4.31 Å². The van der Waals surface area contributed by atoms with E-state index in [1.807, 2.05) is 31.2 Å². The fourth-order valence-corrected chi connectivity index (χ4v) is 5.55. The molecular weight excluding hydrogens is 426 g/mol. The third kappa shape index (κ3) is 5.86. The predicted octanol–water partition coefficient (Wildman–Crippen LogP) is 4.02. The Balaban J connectivity index is 1.76. The number of nitrogens with zero attached hydrogens (tertiary/aromatic N) is 2. The highest BCUT2D eigenvalue weighted by molar-refractivity contribution is 7.89. The first-order valence-electron chi connectivity index (χ1n) is 11.2. The van der Waals surface area contributed by atoms with Gasteiger partial charge in [-0.3, -0.25) is 4.79 Å². The molecule has 1 aliphatic rings. The van der Waals surface area contributed by atoms with Crippen LogP contribution in [0, 0.1) is 25.7 Å². The number of rotatable bonds is 8. The van der Waals surface area contributed by atoms with Crippen LogP contribution >= 0.6 is 0 Å². The molecule has 0 unspecified atom stereocenters. The number of hydrogen-bond donors (Lipinski definition) is 1. The van der Waals surface area contributed by atoms with E-state index in [0.717, 1.165) is 17.5 Å². The van der Waals surface area contributed by atoms with E-state index >= 15 is 0 Å². The van der Waals surface area contributed by atoms with Crippen LogP contribution in [0.4, 0.5) is 0 Å². The summed E-state index contributed by atoms with van der Waals surface area (Å²) >= 11 is 0. The average Bonchev–Trinajstić information content (AvgIpc) is 3.14. The molecule has 1 N–H and O–H groups in total. The zero-order valence-corrected chi connectivity index (χ0v) is 20.1. The van der Waals surface area contributed by atoms with Crippen molar-refractivity contribution in [3.63, 3.8) is 0 Å². The quantitative estimate of drug-likeness (QED) is 0.644. The summed E-state index contributed by atoms with van der Waals surface area (Å²) < 4.78 is 33.7. The summed E-state index contributed by atoms with van der Waals surface area (Å²) in [6.07, 6.45) is 5.66. The largest absolute Gasteiger partial charge is 0.356 e. The molecule has 2 heterocycles. The van der Waals surface area contributed by atoms with Crippen molar-refractivity contribution in [3.05, 3.63) is 46.8 Å². The highest BCUT2D eigenvalue weighted by Gasteiger charge is 2.36. The molecule has 1 saturated heterocycles. The summed E-state index contributed by atoms with van der Waals surface area (Å²) in [5, 5.41) is 6.86. The van der Waals surface area contributed by atoms with Crippen LogP contribution in [0.5, 0.6) is 0 Å². The lowest BCUT2D eigenvalue weighted by Crippen LogP contribution is -2.45. The van der Waals surface area contributed by atoms with Crippen molar-refractivity contribution in [1.29, 1.82) is 0 Å². The van der Waals surface area contributed by atoms with Crippen LogP contribution in [0.3, 0.4) is 0 Å². The van der Waals surface area contributed by atoms with Crippen molar-refractivity contribution in [2.45, 2.75) is 51.9 Å². The van der Waals surface area contributed by atoms with Gasteiger partial charge in [-0.15, -0.1) is 0 Å². The summed E-state index contributed by atoms with van der Waals surface area (Å²) in [4.78, 5) is 12.7. The van der Waals surface area contributed by atoms with Crippen LogP contribution in [-0.2, 0) is 14.8 Å². The van der Waals surface area contributed by atoms with E-state index in [4.69, 9.17) is 4.52 Å². The monoisotopic (exact) mass is 459 g/mol. The minimum absolute atomic E-state index is 0.0710. The molecule has 1 aromatic heterocycles. The first-order valence-corrected chi connectivity index (χ1v) is 12.6. The van der Waals surface area contributed by atoms with Crippen molar-refractivity contribution >= 4 is 28.1 Å². The molecule has 2 aromatic rings. The minimum atomic E-state index is -3.85. The number of aromatic nitrogens is 1. The van der Waals surface area contributed by atoms with E-state index in [9.17, 15) is 13.2 Å². The van der Waals surface area contributed by atoms with E-state index < -0.39 is 10.0 Å². The molecule has 7 nitrogen and oxygen atoms in total. The molecule has 8 heteroatoms. The Hall–Kier alpha value is -2.45. The SMILES string of the molecule is Cc1ccc(/C=C/c2onc(C)c2S(=O)(=O)N2CCC[C@H](C(=O)NCCC(C)C)C2)cc1. The number of carbonyl (C=O) groups is 1. The predicted molar refractivity (Wildman–Crippen MR) is 125 cm³/mol. The molecule has 0 bridgehead atoms. The van der Waals surface area contributed by atoms with E-state index in [2.05, 4.69) is 24.3 Å². The Labute approximate surface area is 190 Å². The molecule has 1 fully saturated rings. The van der Waals surface area contributed by atoms with Crippen molar-refractivity contribution in [1.82, 2.24) is 14.8 Å². The van der Waals surface area contributed by atoms with Crippen molar-refractivity contribution in [2.75, 3.05) is 19.6 Å². The highest BCUT2D eigenvalue weighted by Crippen LogP contribution is 2.29. The Morgan fingerprint density at radius 3 is 2.66 bits per heavy atom. The number of aryl methyl sites for hydroxylation is 2. The van der Waals surface area contributed by atoms with E-state index in [1.165, 1.54) is 4.31 Å². The van der Waals surface area contributed by atoms with Crippen LogP contribution in [0.25, 0.3) is 12.2 Å². The molecule has 1 amide bonds. The van der Waals surface area contributed by atoms with Gasteiger partial charge >= 0.3 is 0 Å². The van der Waals surface area contributed by atoms with Gasteiger partial charge in [-0.05, 0) is 50.7 Å². The number of sulfonamides is 1. The molecule has 1 atom stereocenters. The first-order chi connectivity index (χ1) is 15.2. The second-order valence-corrected chi connectivity index (χ2v) is 10.8. The van der Waals surface area contributed by atoms with Crippen molar-refractivity contribution < 1.29 is 17.7 Å². The smallest absolute Gasteiger partial charge is 0.248 e. The molecular formula is C24H33N3O4S. The van der Waals surface area contributed by atoms with Gasteiger partial charge in [0, 0.05) is 19.6 Å². The van der Waals surface area contributed by atoms with Crippen LogP contribution in [0.15, 0.2) is 33.7 Å². The summed E-state index contributed by atoms with van der Waals surface area (Å²) in [7, 11) is -3.85. The van der Waals surface area contributed by atoms with Gasteiger partial charge in [0.2, 0.25) is 15.9 Å². The normalized spacial score (nSPS) is 17.8. The highest BCUT2D eigenvalue weighted by atomic mass is 32.2. The summed E-state index contributed by atoms with van der Waals surface area (Å²) in [5.41, 5.74) is 2.40. The maximum atomic E-state index is 13.5. The second kappa shape index (κ2) is 10.4. The van der Waals surface area contributed by atoms with Crippen LogP contribution in [0.2, 0.25) is 0 Å². The van der Waals surface area contributed by atoms with Gasteiger partial charge in [0.05, 0.1) is 5.92 Å². The van der Waals surface area contributed by atoms with E-state index in [0.29, 0.717) is 37.5 Å². The molecule has 1 aromatic carbocycles. The van der Waals surface area contributed by atoms with Gasteiger partial charge in [-0.25, -0.2) is 8.42 Å². The summed E-state index contributed by atoms with van der Waals surface area (Å²) in [6, 6.07) is 7.89. The molecule has 0 spiro atoms. The zero-order chi connectivity index (χ0) is 23.3. The van der Waals surface area contributed by atoms with Crippen LogP contribution < -0.4 is 5.32 Å². The maximum absolute atomic E-state index is 13.5. The average molecular weight is 460 g/mol. The third-order valence-corrected chi connectivity index (χ3v) is 7.74. The fourth-order valence-electron chi connectivity index (χ4n) is 3.78. The molecule has 0 radical (unpaired) electrons. The summed E-state index contributed by atoms with van der Waals surface area (Å²) in [6.45, 7) is 9.00. The summed E-state index contributed by atoms with van der Waals surface area (Å²) in [5.74, 6) is 0.276. The topological polar surface area (TPSA) is 92.5 Å². The van der Waals surface area contributed by atoms with Gasteiger partial charge in [0.15, 0.2) is 10.7 Å². The third-order valence-electron chi connectivity index (χ3n) is 5.71. The lowest BCUT2D eigenvalue weighted by Gasteiger charge is -2.31. The molecule has 32 heavy (non-hydrogen) atoms. The maximum Gasteiger partial charge on any atom is 0.248 e. The van der Waals surface area contributed by atoms with Gasteiger partial charge in [0.1, 0.15) is 5.69 Å². The number of nitrogens with one attached hydrogen (secondary N) is 1. The first kappa shape index (κ1) is 24.2. The minimum Gasteiger partial charge on any atom is -0.356 e. The Bertz CT molecular complexity index is 1060. The molecule has 1 aliphatic heterocycles. The van der Waals surface area contributed by atoms with Crippen LogP contribution in [0.1, 0.15) is 55.7 Å². The lowest BCUT2D eigenvalue weighted by molar-refractivity contribution is -0.126. The number of carbonyl (C=O) groups excluding carboxylic acids is 1. The van der Waals surface area contributed by atoms with E-state index in [-0.39, 0.29) is 29.0 Å².